The van der Waals surface area contributed by atoms with Gasteiger partial charge in [0, 0.05) is 43.3 Å². The van der Waals surface area contributed by atoms with E-state index in [1.54, 1.807) is 11.3 Å². The van der Waals surface area contributed by atoms with Crippen LogP contribution in [0.25, 0.3) is 0 Å². The van der Waals surface area contributed by atoms with E-state index in [9.17, 15) is 0 Å². The molecular formula is C15H21N3S. The van der Waals surface area contributed by atoms with Crippen molar-refractivity contribution < 1.29 is 0 Å². The fraction of sp³-hybridized carbons (Fsp3) is 0.400. The fourth-order valence-corrected chi connectivity index (χ4v) is 2.96. The van der Waals surface area contributed by atoms with Gasteiger partial charge in [0.25, 0.3) is 0 Å². The van der Waals surface area contributed by atoms with Crippen LogP contribution in [0, 0.1) is 6.92 Å². The highest BCUT2D eigenvalue weighted by Crippen LogP contribution is 2.24. The quantitative estimate of drug-likeness (QED) is 0.912. The molecule has 0 aliphatic carbocycles. The van der Waals surface area contributed by atoms with Gasteiger partial charge in [-0.05, 0) is 31.0 Å². The lowest BCUT2D eigenvalue weighted by Crippen LogP contribution is -2.15. The molecule has 2 aromatic rings. The number of aromatic nitrogens is 1. The summed E-state index contributed by atoms with van der Waals surface area (Å²) < 4.78 is 0. The lowest BCUT2D eigenvalue weighted by molar-refractivity contribution is 0.687. The van der Waals surface area contributed by atoms with Crippen LogP contribution in [-0.4, -0.2) is 25.6 Å². The second kappa shape index (κ2) is 6.17. The average molecular weight is 275 g/mol. The van der Waals surface area contributed by atoms with Gasteiger partial charge in [0.15, 0.2) is 0 Å². The van der Waals surface area contributed by atoms with Crippen LogP contribution in [-0.2, 0) is 6.42 Å². The van der Waals surface area contributed by atoms with E-state index in [1.165, 1.54) is 11.3 Å². The van der Waals surface area contributed by atoms with Crippen molar-refractivity contribution in [2.45, 2.75) is 19.3 Å². The van der Waals surface area contributed by atoms with E-state index in [0.29, 0.717) is 12.5 Å². The zero-order chi connectivity index (χ0) is 13.8. The smallest absolute Gasteiger partial charge is 0.0975 e. The standard InChI is InChI=1S/C15H21N3S/c1-11-10-19-15(17-11)13(9-16)8-12-4-6-14(7-5-12)18(2)3/h4-7,10,13H,8-9,16H2,1-3H3. The molecule has 1 aromatic carbocycles. The van der Waals surface area contributed by atoms with Gasteiger partial charge >= 0.3 is 0 Å². The molecule has 1 heterocycles. The van der Waals surface area contributed by atoms with Crippen molar-refractivity contribution >= 4 is 17.0 Å². The first kappa shape index (κ1) is 14.0. The second-order valence-electron chi connectivity index (χ2n) is 5.02. The van der Waals surface area contributed by atoms with Gasteiger partial charge in [-0.25, -0.2) is 4.98 Å². The van der Waals surface area contributed by atoms with Gasteiger partial charge in [-0.1, -0.05) is 12.1 Å². The molecule has 0 radical (unpaired) electrons. The maximum atomic E-state index is 5.90. The summed E-state index contributed by atoms with van der Waals surface area (Å²) in [5, 5.41) is 3.24. The summed E-state index contributed by atoms with van der Waals surface area (Å²) in [7, 11) is 4.10. The van der Waals surface area contributed by atoms with E-state index >= 15 is 0 Å². The lowest BCUT2D eigenvalue weighted by Gasteiger charge is -2.15. The van der Waals surface area contributed by atoms with Gasteiger partial charge in [-0.3, -0.25) is 0 Å². The molecule has 2 rings (SSSR count). The van der Waals surface area contributed by atoms with Crippen LogP contribution < -0.4 is 10.6 Å². The summed E-state index contributed by atoms with van der Waals surface area (Å²) in [5.41, 5.74) is 9.52. The Kier molecular flexibility index (Phi) is 4.56. The monoisotopic (exact) mass is 275 g/mol. The van der Waals surface area contributed by atoms with Crippen molar-refractivity contribution in [3.8, 4) is 0 Å². The minimum atomic E-state index is 0.323. The Balaban J connectivity index is 2.10. The molecule has 0 saturated heterocycles. The van der Waals surface area contributed by atoms with Crippen LogP contribution in [0.2, 0.25) is 0 Å². The number of thiazole rings is 1. The van der Waals surface area contributed by atoms with Crippen LogP contribution >= 0.6 is 11.3 Å². The molecular weight excluding hydrogens is 254 g/mol. The van der Waals surface area contributed by atoms with Crippen molar-refractivity contribution in [1.82, 2.24) is 4.98 Å². The molecule has 0 amide bonds. The van der Waals surface area contributed by atoms with E-state index in [0.717, 1.165) is 17.1 Å². The minimum absolute atomic E-state index is 0.323. The molecule has 0 spiro atoms. The van der Waals surface area contributed by atoms with Gasteiger partial charge in [-0.15, -0.1) is 11.3 Å². The molecule has 1 aromatic heterocycles. The highest BCUT2D eigenvalue weighted by atomic mass is 32.1. The summed E-state index contributed by atoms with van der Waals surface area (Å²) in [6.45, 7) is 2.67. The lowest BCUT2D eigenvalue weighted by atomic mass is 10.00. The average Bonchev–Trinajstić information content (AvgIpc) is 2.83. The van der Waals surface area contributed by atoms with E-state index in [2.05, 4.69) is 53.6 Å². The molecule has 1 atom stereocenters. The number of nitrogens with two attached hydrogens (primary N) is 1. The summed E-state index contributed by atoms with van der Waals surface area (Å²) in [5.74, 6) is 0.323. The van der Waals surface area contributed by atoms with Gasteiger partial charge in [0.05, 0.1) is 5.01 Å². The third kappa shape index (κ3) is 3.55. The number of hydrogen-bond donors (Lipinski definition) is 1. The Morgan fingerprint density at radius 1 is 1.26 bits per heavy atom. The molecule has 2 N–H and O–H groups in total. The topological polar surface area (TPSA) is 42.1 Å². The maximum Gasteiger partial charge on any atom is 0.0975 e. The summed E-state index contributed by atoms with van der Waals surface area (Å²) in [6, 6.07) is 8.66. The predicted molar refractivity (Wildman–Crippen MR) is 83.1 cm³/mol. The Morgan fingerprint density at radius 3 is 2.42 bits per heavy atom. The zero-order valence-corrected chi connectivity index (χ0v) is 12.6. The third-order valence-corrected chi connectivity index (χ3v) is 4.33. The number of anilines is 1. The van der Waals surface area contributed by atoms with Crippen LogP contribution in [0.1, 0.15) is 22.2 Å². The Labute approximate surface area is 119 Å². The van der Waals surface area contributed by atoms with Gasteiger partial charge < -0.3 is 10.6 Å². The van der Waals surface area contributed by atoms with Crippen molar-refractivity contribution in [1.29, 1.82) is 0 Å². The number of nitrogens with zero attached hydrogens (tertiary/aromatic N) is 2. The molecule has 0 saturated carbocycles. The first-order chi connectivity index (χ1) is 9.10. The van der Waals surface area contributed by atoms with Crippen LogP contribution in [0.15, 0.2) is 29.6 Å². The largest absolute Gasteiger partial charge is 0.378 e. The van der Waals surface area contributed by atoms with Crippen molar-refractivity contribution in [3.05, 3.63) is 45.9 Å². The predicted octanol–water partition coefficient (Wildman–Crippen LogP) is 2.80. The number of aryl methyl sites for hydroxylation is 1. The Morgan fingerprint density at radius 2 is 1.95 bits per heavy atom. The van der Waals surface area contributed by atoms with Gasteiger partial charge in [-0.2, -0.15) is 0 Å². The molecule has 4 heteroatoms. The Bertz CT molecular complexity index is 516. The van der Waals surface area contributed by atoms with Crippen LogP contribution in [0.4, 0.5) is 5.69 Å². The molecule has 0 aliphatic rings. The summed E-state index contributed by atoms with van der Waals surface area (Å²) in [4.78, 5) is 6.66. The second-order valence-corrected chi connectivity index (χ2v) is 5.91. The normalized spacial score (nSPS) is 12.4. The SMILES string of the molecule is Cc1csc(C(CN)Cc2ccc(N(C)C)cc2)n1. The van der Waals surface area contributed by atoms with Crippen molar-refractivity contribution in [2.75, 3.05) is 25.5 Å². The van der Waals surface area contributed by atoms with E-state index < -0.39 is 0 Å². The molecule has 1 unspecified atom stereocenters. The van der Waals surface area contributed by atoms with Crippen LogP contribution in [0.3, 0.4) is 0 Å². The number of rotatable bonds is 5. The molecule has 0 bridgehead atoms. The number of benzene rings is 1. The summed E-state index contributed by atoms with van der Waals surface area (Å²) in [6.07, 6.45) is 0.956. The highest BCUT2D eigenvalue weighted by Gasteiger charge is 2.14. The van der Waals surface area contributed by atoms with Crippen molar-refractivity contribution in [2.24, 2.45) is 5.73 Å². The first-order valence-electron chi connectivity index (χ1n) is 6.48. The fourth-order valence-electron chi connectivity index (χ4n) is 2.05. The molecule has 102 valence electrons. The van der Waals surface area contributed by atoms with E-state index in [4.69, 9.17) is 5.73 Å². The highest BCUT2D eigenvalue weighted by molar-refractivity contribution is 7.09. The molecule has 3 nitrogen and oxygen atoms in total. The van der Waals surface area contributed by atoms with Crippen LogP contribution in [0.5, 0.6) is 0 Å². The van der Waals surface area contributed by atoms with E-state index in [1.807, 2.05) is 6.92 Å². The molecule has 19 heavy (non-hydrogen) atoms. The molecule has 0 fully saturated rings. The minimum Gasteiger partial charge on any atom is -0.378 e. The summed E-state index contributed by atoms with van der Waals surface area (Å²) >= 11 is 1.71. The first-order valence-corrected chi connectivity index (χ1v) is 7.36. The maximum absolute atomic E-state index is 5.90. The zero-order valence-electron chi connectivity index (χ0n) is 11.8. The van der Waals surface area contributed by atoms with Gasteiger partial charge in [0.2, 0.25) is 0 Å². The third-order valence-electron chi connectivity index (χ3n) is 3.21. The van der Waals surface area contributed by atoms with Gasteiger partial charge in [0.1, 0.15) is 0 Å². The molecule has 0 aliphatic heterocycles. The number of hydrogen-bond acceptors (Lipinski definition) is 4. The Hall–Kier alpha value is -1.39. The van der Waals surface area contributed by atoms with E-state index in [-0.39, 0.29) is 0 Å². The van der Waals surface area contributed by atoms with Crippen molar-refractivity contribution in [3.63, 3.8) is 0 Å².